The van der Waals surface area contributed by atoms with Crippen molar-refractivity contribution in [2.24, 2.45) is 5.92 Å². The number of ether oxygens (including phenoxy) is 3. The van der Waals surface area contributed by atoms with Crippen LogP contribution in [0, 0.1) is 12.8 Å². The Balaban J connectivity index is 1.85. The van der Waals surface area contributed by atoms with Gasteiger partial charge in [-0.2, -0.15) is 0 Å². The molecule has 0 aromatic heterocycles. The molecule has 12 heteroatoms. The highest BCUT2D eigenvalue weighted by Gasteiger charge is 2.42. The molecule has 1 N–H and O–H groups in total. The second-order valence-electron chi connectivity index (χ2n) is 12.5. The molecule has 0 bridgehead atoms. The summed E-state index contributed by atoms with van der Waals surface area (Å²) in [6.07, 6.45) is 0.0436. The Labute approximate surface area is 260 Å². The van der Waals surface area contributed by atoms with E-state index in [-0.39, 0.29) is 55.4 Å². The molecule has 244 valence electrons. The summed E-state index contributed by atoms with van der Waals surface area (Å²) in [6, 6.07) is 2.99. The Morgan fingerprint density at radius 1 is 1.11 bits per heavy atom. The van der Waals surface area contributed by atoms with Gasteiger partial charge in [0.2, 0.25) is 12.2 Å². The average Bonchev–Trinajstić information content (AvgIpc) is 2.94. The van der Waals surface area contributed by atoms with Gasteiger partial charge in [0.25, 0.3) is 11.8 Å². The van der Waals surface area contributed by atoms with Crippen molar-refractivity contribution in [3.63, 3.8) is 0 Å². The van der Waals surface area contributed by atoms with E-state index in [2.05, 4.69) is 5.32 Å². The van der Waals surface area contributed by atoms with Crippen LogP contribution >= 0.6 is 0 Å². The predicted molar refractivity (Wildman–Crippen MR) is 164 cm³/mol. The number of benzene rings is 1. The monoisotopic (exact) mass is 616 g/mol. The molecule has 1 saturated heterocycles. The van der Waals surface area contributed by atoms with E-state index in [0.29, 0.717) is 48.4 Å². The molecule has 2 heterocycles. The quantitative estimate of drug-likeness (QED) is 0.308. The molecule has 1 unspecified atom stereocenters. The Morgan fingerprint density at radius 3 is 2.41 bits per heavy atom. The molecule has 2 aliphatic heterocycles. The molecule has 0 aliphatic carbocycles. The van der Waals surface area contributed by atoms with Gasteiger partial charge in [0.05, 0.1) is 17.6 Å². The number of piperidine rings is 1. The van der Waals surface area contributed by atoms with Crippen LogP contribution in [0.2, 0.25) is 0 Å². The van der Waals surface area contributed by atoms with Crippen LogP contribution in [0.4, 0.5) is 10.5 Å². The largest absolute Gasteiger partial charge is 0.476 e. The Morgan fingerprint density at radius 2 is 1.80 bits per heavy atom. The van der Waals surface area contributed by atoms with Crippen molar-refractivity contribution in [1.29, 1.82) is 0 Å². The highest BCUT2D eigenvalue weighted by atomic mass is 16.7. The van der Waals surface area contributed by atoms with Crippen LogP contribution in [-0.2, 0) is 23.9 Å². The van der Waals surface area contributed by atoms with Crippen LogP contribution in [0.5, 0.6) is 5.75 Å². The van der Waals surface area contributed by atoms with Gasteiger partial charge < -0.3 is 34.2 Å². The number of esters is 1. The molecule has 0 saturated carbocycles. The minimum absolute atomic E-state index is 0.117. The molecule has 3 rings (SSSR count). The number of rotatable bonds is 10. The lowest BCUT2D eigenvalue weighted by molar-refractivity contribution is -0.170. The molecule has 4 amide bonds. The molecule has 1 aromatic carbocycles. The maximum absolute atomic E-state index is 14.2. The first kappa shape index (κ1) is 34.7. The topological polar surface area (TPSA) is 135 Å². The van der Waals surface area contributed by atoms with Gasteiger partial charge in [-0.1, -0.05) is 20.8 Å². The van der Waals surface area contributed by atoms with Gasteiger partial charge in [0.1, 0.15) is 5.75 Å². The number of aryl methyl sites for hydroxylation is 1. The zero-order valence-corrected chi connectivity index (χ0v) is 27.5. The minimum atomic E-state index is -1.12. The van der Waals surface area contributed by atoms with Crippen molar-refractivity contribution in [2.75, 3.05) is 31.1 Å². The molecule has 0 spiro atoms. The number of anilines is 1. The fourth-order valence-electron chi connectivity index (χ4n) is 5.45. The number of carbonyl (C=O) groups is 5. The molecule has 2 aliphatic rings. The van der Waals surface area contributed by atoms with Gasteiger partial charge in [0.15, 0.2) is 5.60 Å². The number of carbonyl (C=O) groups excluding carboxylic acids is 5. The van der Waals surface area contributed by atoms with Gasteiger partial charge in [-0.05, 0) is 65.2 Å². The maximum Gasteiger partial charge on any atom is 0.412 e. The summed E-state index contributed by atoms with van der Waals surface area (Å²) < 4.78 is 16.6. The van der Waals surface area contributed by atoms with Crippen molar-refractivity contribution in [3.05, 3.63) is 23.3 Å². The number of hydrogen-bond acceptors (Lipinski definition) is 8. The fraction of sp³-hybridized carbons (Fsp3) is 0.656. The lowest BCUT2D eigenvalue weighted by Crippen LogP contribution is -2.55. The summed E-state index contributed by atoms with van der Waals surface area (Å²) in [5.41, 5.74) is 0.465. The smallest absolute Gasteiger partial charge is 0.412 e. The van der Waals surface area contributed by atoms with Gasteiger partial charge in [-0.3, -0.25) is 19.2 Å². The average molecular weight is 617 g/mol. The van der Waals surface area contributed by atoms with E-state index < -0.39 is 24.0 Å². The van der Waals surface area contributed by atoms with Crippen LogP contribution in [0.3, 0.4) is 0 Å². The zero-order chi connectivity index (χ0) is 32.9. The number of likely N-dealkylation sites (tertiary alicyclic amines) is 1. The second-order valence-corrected chi connectivity index (χ2v) is 12.5. The van der Waals surface area contributed by atoms with Crippen LogP contribution in [-0.4, -0.2) is 89.7 Å². The van der Waals surface area contributed by atoms with E-state index in [9.17, 15) is 24.0 Å². The summed E-state index contributed by atoms with van der Waals surface area (Å²) >= 11 is 0. The lowest BCUT2D eigenvalue weighted by atomic mass is 9.97. The first-order valence-electron chi connectivity index (χ1n) is 15.5. The SMILES string of the molecule is CCC(=O)NCCN1C(=O)C(C)(C)Oc2cc(C)c(C(=O)N(C(C)C)[C@@H]3CCCN(C(=O)OC(C)OC(=O)C(C)C)C3)cc21. The highest BCUT2D eigenvalue weighted by molar-refractivity contribution is 6.05. The Bertz CT molecular complexity index is 1260. The van der Waals surface area contributed by atoms with Crippen molar-refractivity contribution < 1.29 is 38.2 Å². The molecule has 2 atom stereocenters. The molecule has 1 aromatic rings. The van der Waals surface area contributed by atoms with Crippen molar-refractivity contribution in [2.45, 2.75) is 106 Å². The Kier molecular flexibility index (Phi) is 11.3. The predicted octanol–water partition coefficient (Wildman–Crippen LogP) is 4.02. The number of hydrogen-bond donors (Lipinski definition) is 1. The number of fused-ring (bicyclic) bond motifs is 1. The Hall–Kier alpha value is -3.83. The summed E-state index contributed by atoms with van der Waals surface area (Å²) in [5.74, 6) is -0.934. The first-order chi connectivity index (χ1) is 20.6. The van der Waals surface area contributed by atoms with Gasteiger partial charge >= 0.3 is 12.1 Å². The van der Waals surface area contributed by atoms with Crippen LogP contribution in [0.1, 0.15) is 90.6 Å². The van der Waals surface area contributed by atoms with Gasteiger partial charge in [-0.15, -0.1) is 0 Å². The highest BCUT2D eigenvalue weighted by Crippen LogP contribution is 2.40. The van der Waals surface area contributed by atoms with E-state index in [1.807, 2.05) is 20.8 Å². The summed E-state index contributed by atoms with van der Waals surface area (Å²) in [7, 11) is 0. The number of nitrogens with one attached hydrogen (secondary N) is 1. The lowest BCUT2D eigenvalue weighted by Gasteiger charge is -2.42. The van der Waals surface area contributed by atoms with Crippen molar-refractivity contribution in [3.8, 4) is 5.75 Å². The molecular weight excluding hydrogens is 568 g/mol. The van der Waals surface area contributed by atoms with Crippen LogP contribution < -0.4 is 15.0 Å². The van der Waals surface area contributed by atoms with E-state index in [1.54, 1.807) is 56.6 Å². The zero-order valence-electron chi connectivity index (χ0n) is 27.5. The third-order valence-corrected chi connectivity index (χ3v) is 7.79. The first-order valence-corrected chi connectivity index (χ1v) is 15.5. The maximum atomic E-state index is 14.2. The summed E-state index contributed by atoms with van der Waals surface area (Å²) in [5, 5.41) is 2.81. The second kappa shape index (κ2) is 14.3. The molecule has 0 radical (unpaired) electrons. The van der Waals surface area contributed by atoms with Gasteiger partial charge in [0, 0.05) is 51.1 Å². The number of amides is 4. The summed E-state index contributed by atoms with van der Waals surface area (Å²) in [6.45, 7) is 16.9. The third-order valence-electron chi connectivity index (χ3n) is 7.79. The van der Waals surface area contributed by atoms with E-state index in [4.69, 9.17) is 14.2 Å². The fourth-order valence-corrected chi connectivity index (χ4v) is 5.45. The van der Waals surface area contributed by atoms with Crippen molar-refractivity contribution in [1.82, 2.24) is 15.1 Å². The standard InChI is InChI=1S/C32H48N4O8/c1-10-27(37)33-13-15-35-25-17-24(21(6)16-26(25)44-32(8,9)30(35)40)28(38)36(20(4)5)23-12-11-14-34(18-23)31(41)43-22(7)42-29(39)19(2)3/h16-17,19-20,22-23H,10-15,18H2,1-9H3,(H,33,37)/t22?,23-/m1/s1. The van der Waals surface area contributed by atoms with Crippen LogP contribution in [0.15, 0.2) is 12.1 Å². The third kappa shape index (κ3) is 8.00. The minimum Gasteiger partial charge on any atom is -0.476 e. The van der Waals surface area contributed by atoms with Gasteiger partial charge in [-0.25, -0.2) is 4.79 Å². The van der Waals surface area contributed by atoms with Crippen molar-refractivity contribution >= 4 is 35.5 Å². The molecular formula is C32H48N4O8. The molecule has 44 heavy (non-hydrogen) atoms. The van der Waals surface area contributed by atoms with E-state index in [0.717, 1.165) is 0 Å². The summed E-state index contributed by atoms with van der Waals surface area (Å²) in [4.78, 5) is 69.2. The molecule has 12 nitrogen and oxygen atoms in total. The normalized spacial score (nSPS) is 18.3. The molecule has 1 fully saturated rings. The van der Waals surface area contributed by atoms with Crippen LogP contribution in [0.25, 0.3) is 0 Å². The number of nitrogens with zero attached hydrogens (tertiary/aromatic N) is 3. The van der Waals surface area contributed by atoms with E-state index >= 15 is 0 Å². The van der Waals surface area contributed by atoms with E-state index in [1.165, 1.54) is 11.8 Å².